The van der Waals surface area contributed by atoms with E-state index >= 15 is 0 Å². The maximum atomic E-state index is 11.8. The van der Waals surface area contributed by atoms with Crippen molar-refractivity contribution in [1.29, 1.82) is 0 Å². The second kappa shape index (κ2) is 9.15. The average molecular weight is 531 g/mol. The van der Waals surface area contributed by atoms with Crippen LogP contribution < -0.4 is 4.74 Å². The van der Waals surface area contributed by atoms with E-state index in [9.17, 15) is 13.5 Å². The molecule has 36 heavy (non-hydrogen) atoms. The fourth-order valence-corrected chi connectivity index (χ4v) is 6.54. The maximum Gasteiger partial charge on any atom is 0.193 e. The predicted molar refractivity (Wildman–Crippen MR) is 137 cm³/mol. The van der Waals surface area contributed by atoms with Crippen molar-refractivity contribution in [3.63, 3.8) is 0 Å². The molecule has 0 radical (unpaired) electrons. The molecule has 2 saturated heterocycles. The average Bonchev–Trinajstić information content (AvgIpc) is 3.55. The van der Waals surface area contributed by atoms with Gasteiger partial charge in [0.1, 0.15) is 18.3 Å². The lowest BCUT2D eigenvalue weighted by atomic mass is 9.92. The molecule has 0 bridgehead atoms. The van der Waals surface area contributed by atoms with Gasteiger partial charge in [-0.15, -0.1) is 0 Å². The third-order valence-electron chi connectivity index (χ3n) is 7.29. The molecule has 6 rings (SSSR count). The van der Waals surface area contributed by atoms with Gasteiger partial charge in [0.25, 0.3) is 0 Å². The SMILES string of the molecule is CS(=O)(=O)C1CC=C(c2ccc(-c3nc4cc(O[C@@H]5CO[C@H]6[C@@H]5OC[C@H]6O)[nH]c4cc3Cl)cc2)CC1. The fraction of sp³-hybridized carbons (Fsp3) is 0.423. The molecule has 0 saturated carbocycles. The summed E-state index contributed by atoms with van der Waals surface area (Å²) in [6, 6.07) is 11.7. The predicted octanol–water partition coefficient (Wildman–Crippen LogP) is 3.77. The molecule has 190 valence electrons. The molecule has 1 aromatic carbocycles. The number of allylic oxidation sites excluding steroid dienone is 2. The van der Waals surface area contributed by atoms with Crippen molar-refractivity contribution < 1.29 is 27.7 Å². The molecule has 2 N–H and O–H groups in total. The Morgan fingerprint density at radius 1 is 1.11 bits per heavy atom. The van der Waals surface area contributed by atoms with Gasteiger partial charge < -0.3 is 24.3 Å². The summed E-state index contributed by atoms with van der Waals surface area (Å²) in [4.78, 5) is 7.98. The van der Waals surface area contributed by atoms with Gasteiger partial charge in [0, 0.05) is 17.9 Å². The number of aromatic amines is 1. The van der Waals surface area contributed by atoms with Gasteiger partial charge in [-0.2, -0.15) is 0 Å². The molecule has 2 aromatic heterocycles. The van der Waals surface area contributed by atoms with Crippen molar-refractivity contribution in [2.45, 2.75) is 48.9 Å². The van der Waals surface area contributed by atoms with Crippen LogP contribution in [-0.2, 0) is 19.3 Å². The Morgan fingerprint density at radius 3 is 2.58 bits per heavy atom. The lowest BCUT2D eigenvalue weighted by molar-refractivity contribution is 0.00794. The number of aliphatic hydroxyl groups excluding tert-OH is 1. The highest BCUT2D eigenvalue weighted by molar-refractivity contribution is 7.91. The van der Waals surface area contributed by atoms with Gasteiger partial charge in [-0.3, -0.25) is 0 Å². The minimum atomic E-state index is -3.01. The number of pyridine rings is 1. The van der Waals surface area contributed by atoms with E-state index < -0.39 is 15.9 Å². The van der Waals surface area contributed by atoms with E-state index in [4.69, 9.17) is 30.8 Å². The highest BCUT2D eigenvalue weighted by atomic mass is 35.5. The smallest absolute Gasteiger partial charge is 0.193 e. The number of benzene rings is 1. The van der Waals surface area contributed by atoms with Crippen LogP contribution >= 0.6 is 11.6 Å². The highest BCUT2D eigenvalue weighted by Gasteiger charge is 2.48. The molecule has 0 amide bonds. The van der Waals surface area contributed by atoms with Crippen molar-refractivity contribution in [1.82, 2.24) is 9.97 Å². The van der Waals surface area contributed by atoms with Crippen molar-refractivity contribution in [3.05, 3.63) is 53.1 Å². The zero-order valence-corrected chi connectivity index (χ0v) is 21.3. The number of nitrogens with zero attached hydrogens (tertiary/aromatic N) is 1. The van der Waals surface area contributed by atoms with Crippen LogP contribution in [0.2, 0.25) is 5.02 Å². The van der Waals surface area contributed by atoms with Gasteiger partial charge in [-0.25, -0.2) is 13.4 Å². The summed E-state index contributed by atoms with van der Waals surface area (Å²) in [6.45, 7) is 0.596. The monoisotopic (exact) mass is 530 g/mol. The first kappa shape index (κ1) is 23.9. The third kappa shape index (κ3) is 4.43. The molecule has 10 heteroatoms. The molecule has 0 spiro atoms. The van der Waals surface area contributed by atoms with Crippen LogP contribution in [0, 0.1) is 0 Å². The number of rotatable bonds is 5. The molecule has 3 aromatic rings. The van der Waals surface area contributed by atoms with Gasteiger partial charge in [0.05, 0.1) is 40.2 Å². The van der Waals surface area contributed by atoms with Crippen LogP contribution in [0.4, 0.5) is 0 Å². The van der Waals surface area contributed by atoms with Crippen LogP contribution in [0.25, 0.3) is 27.9 Å². The number of halogens is 1. The molecule has 4 heterocycles. The van der Waals surface area contributed by atoms with Gasteiger partial charge in [0.2, 0.25) is 0 Å². The minimum absolute atomic E-state index is 0.250. The number of ether oxygens (including phenoxy) is 3. The number of H-pyrrole nitrogens is 1. The molecule has 1 unspecified atom stereocenters. The first-order valence-electron chi connectivity index (χ1n) is 12.0. The molecular formula is C26H27ClN2O6S. The zero-order valence-electron chi connectivity index (χ0n) is 19.7. The van der Waals surface area contributed by atoms with E-state index in [1.165, 1.54) is 11.8 Å². The lowest BCUT2D eigenvalue weighted by Gasteiger charge is -2.20. The Balaban J connectivity index is 1.20. The summed E-state index contributed by atoms with van der Waals surface area (Å²) >= 11 is 6.59. The number of nitrogens with one attached hydrogen (secondary N) is 1. The number of fused-ring (bicyclic) bond motifs is 2. The van der Waals surface area contributed by atoms with Crippen molar-refractivity contribution in [2.75, 3.05) is 19.5 Å². The number of hydrogen-bond donors (Lipinski definition) is 2. The molecule has 3 aliphatic rings. The van der Waals surface area contributed by atoms with Gasteiger partial charge in [0.15, 0.2) is 21.8 Å². The first-order chi connectivity index (χ1) is 17.3. The number of sulfone groups is 1. The third-order valence-corrected chi connectivity index (χ3v) is 9.22. The first-order valence-corrected chi connectivity index (χ1v) is 14.4. The maximum absolute atomic E-state index is 11.8. The Kier molecular flexibility index (Phi) is 6.08. The van der Waals surface area contributed by atoms with E-state index in [2.05, 4.69) is 4.98 Å². The standard InChI is InChI=1S/C26H27ClN2O6S/c1-36(31,32)17-8-6-15(7-9-17)14-2-4-16(5-3-14)24-18(27)10-19-20(29-24)11-23(28-19)35-22-13-34-25-21(30)12-33-26(22)25/h2-6,10-11,17,21-22,25-26,28,30H,7-9,12-13H2,1H3/t17?,21-,22-,25-,26-/m1/s1. The highest BCUT2D eigenvalue weighted by Crippen LogP contribution is 2.35. The Hall–Kier alpha value is -2.43. The van der Waals surface area contributed by atoms with Crippen LogP contribution in [-0.4, -0.2) is 72.6 Å². The lowest BCUT2D eigenvalue weighted by Crippen LogP contribution is -2.34. The van der Waals surface area contributed by atoms with Crippen molar-refractivity contribution in [2.24, 2.45) is 0 Å². The number of aromatic nitrogens is 2. The normalized spacial score (nSPS) is 28.3. The van der Waals surface area contributed by atoms with Crippen molar-refractivity contribution in [3.8, 4) is 17.1 Å². The van der Waals surface area contributed by atoms with E-state index in [1.807, 2.05) is 42.5 Å². The summed E-state index contributed by atoms with van der Waals surface area (Å²) in [7, 11) is -3.01. The second-order valence-electron chi connectivity index (χ2n) is 9.74. The van der Waals surface area contributed by atoms with Crippen LogP contribution in [0.1, 0.15) is 24.8 Å². The Labute approximate surface area is 214 Å². The van der Waals surface area contributed by atoms with Gasteiger partial charge in [-0.1, -0.05) is 41.9 Å². The van der Waals surface area contributed by atoms with Crippen LogP contribution in [0.15, 0.2) is 42.5 Å². The summed E-state index contributed by atoms with van der Waals surface area (Å²) < 4.78 is 41.0. The van der Waals surface area contributed by atoms with Crippen molar-refractivity contribution >= 4 is 38.0 Å². The quantitative estimate of drug-likeness (QED) is 0.516. The molecule has 8 nitrogen and oxygen atoms in total. The van der Waals surface area contributed by atoms with Crippen LogP contribution in [0.5, 0.6) is 5.88 Å². The van der Waals surface area contributed by atoms with E-state index in [-0.39, 0.29) is 30.2 Å². The van der Waals surface area contributed by atoms with Gasteiger partial charge in [-0.05, 0) is 36.5 Å². The fourth-order valence-electron chi connectivity index (χ4n) is 5.28. The van der Waals surface area contributed by atoms with Gasteiger partial charge >= 0.3 is 0 Å². The molecule has 2 aliphatic heterocycles. The largest absolute Gasteiger partial charge is 0.470 e. The summed E-state index contributed by atoms with van der Waals surface area (Å²) in [5.41, 5.74) is 5.28. The van der Waals surface area contributed by atoms with E-state index in [1.54, 1.807) is 0 Å². The molecule has 1 aliphatic carbocycles. The molecule has 2 fully saturated rings. The Bertz CT molecular complexity index is 1430. The summed E-state index contributed by atoms with van der Waals surface area (Å²) in [5.74, 6) is 0.539. The number of aliphatic hydroxyl groups is 1. The topological polar surface area (TPSA) is 111 Å². The molecule has 5 atom stereocenters. The summed E-state index contributed by atoms with van der Waals surface area (Å²) in [6.07, 6.45) is 3.70. The van der Waals surface area contributed by atoms with E-state index in [0.717, 1.165) is 28.6 Å². The van der Waals surface area contributed by atoms with E-state index in [0.29, 0.717) is 36.0 Å². The minimum Gasteiger partial charge on any atom is -0.470 e. The summed E-state index contributed by atoms with van der Waals surface area (Å²) in [5, 5.41) is 10.2. The molecular weight excluding hydrogens is 504 g/mol. The Morgan fingerprint density at radius 2 is 1.86 bits per heavy atom. The zero-order chi connectivity index (χ0) is 25.0. The number of hydrogen-bond acceptors (Lipinski definition) is 7. The van der Waals surface area contributed by atoms with Crippen LogP contribution in [0.3, 0.4) is 0 Å². The second-order valence-corrected chi connectivity index (χ2v) is 12.5.